The smallest absolute Gasteiger partial charge is 0.258 e. The molecule has 7 heteroatoms. The highest BCUT2D eigenvalue weighted by molar-refractivity contribution is 6.41. The average molecular weight is 271 g/mol. The average Bonchev–Trinajstić information content (AvgIpc) is 2.68. The van der Waals surface area contributed by atoms with Gasteiger partial charge in [0.05, 0.1) is 10.6 Å². The van der Waals surface area contributed by atoms with Gasteiger partial charge in [-0.1, -0.05) is 23.2 Å². The van der Waals surface area contributed by atoms with Crippen LogP contribution in [-0.2, 0) is 7.05 Å². The van der Waals surface area contributed by atoms with Gasteiger partial charge in [-0.15, -0.1) is 0 Å². The van der Waals surface area contributed by atoms with E-state index in [1.54, 1.807) is 24.0 Å². The Morgan fingerprint density at radius 1 is 1.47 bits per heavy atom. The van der Waals surface area contributed by atoms with E-state index in [0.29, 0.717) is 11.4 Å². The summed E-state index contributed by atoms with van der Waals surface area (Å²) in [5, 5.41) is 7.04. The molecular weight excluding hydrogens is 263 g/mol. The van der Waals surface area contributed by atoms with E-state index in [2.05, 4.69) is 15.4 Å². The van der Waals surface area contributed by atoms with Crippen molar-refractivity contribution >= 4 is 34.9 Å². The summed E-state index contributed by atoms with van der Waals surface area (Å²) in [7, 11) is 1.76. The molecule has 2 rings (SSSR count). The molecule has 0 saturated carbocycles. The fourth-order valence-corrected chi connectivity index (χ4v) is 1.49. The van der Waals surface area contributed by atoms with Gasteiger partial charge >= 0.3 is 0 Å². The summed E-state index contributed by atoms with van der Waals surface area (Å²) in [6, 6.07) is 3.14. The van der Waals surface area contributed by atoms with Crippen molar-refractivity contribution in [3.05, 3.63) is 40.3 Å². The summed E-state index contributed by atoms with van der Waals surface area (Å²) in [5.74, 6) is 0.123. The largest absolute Gasteiger partial charge is 0.305 e. The second kappa shape index (κ2) is 4.73. The predicted octanol–water partition coefficient (Wildman–Crippen LogP) is 2.37. The number of nitrogens with zero attached hydrogens (tertiary/aromatic N) is 3. The van der Waals surface area contributed by atoms with Crippen LogP contribution in [0.3, 0.4) is 0 Å². The van der Waals surface area contributed by atoms with Crippen LogP contribution in [0.4, 0.5) is 5.82 Å². The normalized spacial score (nSPS) is 10.3. The Bertz CT molecular complexity index is 567. The number of anilines is 1. The summed E-state index contributed by atoms with van der Waals surface area (Å²) in [4.78, 5) is 15.6. The van der Waals surface area contributed by atoms with Crippen molar-refractivity contribution < 1.29 is 4.79 Å². The van der Waals surface area contributed by atoms with Gasteiger partial charge in [-0.25, -0.2) is 4.98 Å². The van der Waals surface area contributed by atoms with Crippen LogP contribution in [0.2, 0.25) is 10.2 Å². The van der Waals surface area contributed by atoms with Gasteiger partial charge in [-0.2, -0.15) is 5.10 Å². The number of nitrogens with one attached hydrogen (secondary N) is 1. The van der Waals surface area contributed by atoms with Crippen molar-refractivity contribution in [3.63, 3.8) is 0 Å². The molecule has 0 aliphatic heterocycles. The molecule has 0 spiro atoms. The Hall–Kier alpha value is -1.59. The first-order valence-corrected chi connectivity index (χ1v) is 5.44. The van der Waals surface area contributed by atoms with Gasteiger partial charge in [0.1, 0.15) is 5.15 Å². The van der Waals surface area contributed by atoms with Crippen LogP contribution in [0, 0.1) is 0 Å². The molecule has 0 fully saturated rings. The van der Waals surface area contributed by atoms with E-state index in [-0.39, 0.29) is 16.1 Å². The lowest BCUT2D eigenvalue weighted by atomic mass is 10.3. The summed E-state index contributed by atoms with van der Waals surface area (Å²) in [5.41, 5.74) is 0.324. The number of hydrogen-bond donors (Lipinski definition) is 1. The van der Waals surface area contributed by atoms with Crippen LogP contribution >= 0.6 is 23.2 Å². The van der Waals surface area contributed by atoms with E-state index in [4.69, 9.17) is 23.2 Å². The number of carbonyl (C=O) groups is 1. The third kappa shape index (κ3) is 2.75. The Morgan fingerprint density at radius 3 is 2.82 bits per heavy atom. The number of rotatable bonds is 2. The van der Waals surface area contributed by atoms with Gasteiger partial charge in [0.15, 0.2) is 5.82 Å². The Labute approximate surface area is 107 Å². The zero-order valence-electron chi connectivity index (χ0n) is 8.82. The number of pyridine rings is 1. The van der Waals surface area contributed by atoms with Gasteiger partial charge in [0.25, 0.3) is 5.91 Å². The van der Waals surface area contributed by atoms with Crippen LogP contribution in [0.1, 0.15) is 10.4 Å². The molecule has 2 heterocycles. The minimum absolute atomic E-state index is 0.168. The van der Waals surface area contributed by atoms with Gasteiger partial charge < -0.3 is 5.32 Å². The Morgan fingerprint density at radius 2 is 2.24 bits per heavy atom. The summed E-state index contributed by atoms with van der Waals surface area (Å²) in [6.45, 7) is 0. The highest BCUT2D eigenvalue weighted by Gasteiger charge is 2.10. The molecular formula is C10H8Cl2N4O. The molecule has 88 valence electrons. The number of aryl methyl sites for hydroxylation is 1. The predicted molar refractivity (Wildman–Crippen MR) is 65.4 cm³/mol. The van der Waals surface area contributed by atoms with Crippen molar-refractivity contribution in [3.8, 4) is 0 Å². The highest BCUT2D eigenvalue weighted by atomic mass is 35.5. The fourth-order valence-electron chi connectivity index (χ4n) is 1.22. The topological polar surface area (TPSA) is 59.8 Å². The zero-order valence-corrected chi connectivity index (χ0v) is 10.3. The van der Waals surface area contributed by atoms with Crippen LogP contribution < -0.4 is 5.32 Å². The third-order valence-electron chi connectivity index (χ3n) is 2.01. The first-order chi connectivity index (χ1) is 8.06. The van der Waals surface area contributed by atoms with Gasteiger partial charge in [0, 0.05) is 25.5 Å². The third-order valence-corrected chi connectivity index (χ3v) is 2.70. The summed E-state index contributed by atoms with van der Waals surface area (Å²) < 4.78 is 1.59. The Kier molecular flexibility index (Phi) is 3.31. The van der Waals surface area contributed by atoms with Crippen molar-refractivity contribution in [1.82, 2.24) is 14.8 Å². The molecule has 2 aromatic rings. The molecule has 0 unspecified atom stereocenters. The molecule has 0 bridgehead atoms. The van der Waals surface area contributed by atoms with Crippen molar-refractivity contribution in [2.75, 3.05) is 5.32 Å². The van der Waals surface area contributed by atoms with Crippen LogP contribution in [0.15, 0.2) is 24.5 Å². The lowest BCUT2D eigenvalue weighted by Crippen LogP contribution is -2.12. The minimum Gasteiger partial charge on any atom is -0.305 e. The van der Waals surface area contributed by atoms with E-state index in [9.17, 15) is 4.79 Å². The lowest BCUT2D eigenvalue weighted by Gasteiger charge is -2.02. The molecule has 0 aliphatic rings. The maximum absolute atomic E-state index is 11.8. The van der Waals surface area contributed by atoms with Crippen molar-refractivity contribution in [1.29, 1.82) is 0 Å². The van der Waals surface area contributed by atoms with E-state index < -0.39 is 0 Å². The van der Waals surface area contributed by atoms with Crippen molar-refractivity contribution in [2.24, 2.45) is 7.05 Å². The second-order valence-corrected chi connectivity index (χ2v) is 4.09. The van der Waals surface area contributed by atoms with Gasteiger partial charge in [-0.05, 0) is 6.07 Å². The van der Waals surface area contributed by atoms with Crippen LogP contribution in [-0.4, -0.2) is 20.7 Å². The quantitative estimate of drug-likeness (QED) is 0.853. The summed E-state index contributed by atoms with van der Waals surface area (Å²) >= 11 is 11.4. The van der Waals surface area contributed by atoms with Gasteiger partial charge in [-0.3, -0.25) is 9.48 Å². The first-order valence-electron chi connectivity index (χ1n) is 4.68. The van der Waals surface area contributed by atoms with Crippen molar-refractivity contribution in [2.45, 2.75) is 0 Å². The molecule has 0 atom stereocenters. The molecule has 0 radical (unpaired) electrons. The van der Waals surface area contributed by atoms with E-state index in [0.717, 1.165) is 0 Å². The van der Waals surface area contributed by atoms with E-state index >= 15 is 0 Å². The highest BCUT2D eigenvalue weighted by Crippen LogP contribution is 2.20. The van der Waals surface area contributed by atoms with E-state index in [1.807, 2.05) is 0 Å². The monoisotopic (exact) mass is 270 g/mol. The number of hydrogen-bond acceptors (Lipinski definition) is 3. The Balaban J connectivity index is 2.17. The SMILES string of the molecule is Cn1ccc(NC(=O)c2cnc(Cl)c(Cl)c2)n1. The maximum atomic E-state index is 11.8. The molecule has 0 aromatic carbocycles. The maximum Gasteiger partial charge on any atom is 0.258 e. The fraction of sp³-hybridized carbons (Fsp3) is 0.100. The molecule has 0 aliphatic carbocycles. The number of carbonyl (C=O) groups excluding carboxylic acids is 1. The van der Waals surface area contributed by atoms with Gasteiger partial charge in [0.2, 0.25) is 0 Å². The second-order valence-electron chi connectivity index (χ2n) is 3.33. The first kappa shape index (κ1) is 11.9. The number of halogens is 2. The standard InChI is InChI=1S/C10H8Cl2N4O/c1-16-3-2-8(15-16)14-10(17)6-4-7(11)9(12)13-5-6/h2-5H,1H3,(H,14,15,17). The van der Waals surface area contributed by atoms with Crippen LogP contribution in [0.5, 0.6) is 0 Å². The molecule has 2 aromatic heterocycles. The molecule has 1 N–H and O–H groups in total. The molecule has 1 amide bonds. The van der Waals surface area contributed by atoms with E-state index in [1.165, 1.54) is 12.3 Å². The molecule has 0 saturated heterocycles. The van der Waals surface area contributed by atoms with Crippen LogP contribution in [0.25, 0.3) is 0 Å². The lowest BCUT2D eigenvalue weighted by molar-refractivity contribution is 0.102. The molecule has 17 heavy (non-hydrogen) atoms. The number of aromatic nitrogens is 3. The molecule has 5 nitrogen and oxygen atoms in total. The zero-order chi connectivity index (χ0) is 12.4. The summed E-state index contributed by atoms with van der Waals surface area (Å²) in [6.07, 6.45) is 3.08. The number of amides is 1. The minimum atomic E-state index is -0.338.